The van der Waals surface area contributed by atoms with Gasteiger partial charge in [-0.3, -0.25) is 9.59 Å². The molecular formula is C20H25N3O2. The van der Waals surface area contributed by atoms with Crippen LogP contribution in [0.15, 0.2) is 60.7 Å². The van der Waals surface area contributed by atoms with E-state index in [-0.39, 0.29) is 11.8 Å². The van der Waals surface area contributed by atoms with Crippen molar-refractivity contribution in [2.45, 2.75) is 19.4 Å². The molecule has 0 aliphatic carbocycles. The third-order valence-electron chi connectivity index (χ3n) is 3.98. The fourth-order valence-corrected chi connectivity index (χ4v) is 2.60. The Morgan fingerprint density at radius 3 is 2.20 bits per heavy atom. The molecule has 0 aromatic heterocycles. The van der Waals surface area contributed by atoms with Crippen molar-refractivity contribution in [3.05, 3.63) is 71.8 Å². The van der Waals surface area contributed by atoms with Gasteiger partial charge in [-0.1, -0.05) is 48.5 Å². The molecule has 0 saturated heterocycles. The van der Waals surface area contributed by atoms with Crippen LogP contribution in [0.5, 0.6) is 0 Å². The minimum absolute atomic E-state index is 0.120. The standard InChI is InChI=1S/C20H25N3O2/c1-16(22-19(24)18-10-6-3-7-11-18)20(25)23(15-13-21)14-12-17-8-4-2-5-9-17/h2-11,16H,12-15,21H2,1H3,(H,22,24). The molecule has 0 spiro atoms. The molecule has 25 heavy (non-hydrogen) atoms. The van der Waals surface area contributed by atoms with Gasteiger partial charge < -0.3 is 16.0 Å². The molecule has 0 radical (unpaired) electrons. The van der Waals surface area contributed by atoms with Crippen molar-refractivity contribution in [2.24, 2.45) is 5.73 Å². The van der Waals surface area contributed by atoms with Crippen LogP contribution in [0.3, 0.4) is 0 Å². The van der Waals surface area contributed by atoms with Gasteiger partial charge in [-0.2, -0.15) is 0 Å². The first-order valence-corrected chi connectivity index (χ1v) is 8.50. The Labute approximate surface area is 148 Å². The van der Waals surface area contributed by atoms with Crippen LogP contribution in [-0.2, 0) is 11.2 Å². The van der Waals surface area contributed by atoms with E-state index in [0.717, 1.165) is 6.42 Å². The smallest absolute Gasteiger partial charge is 0.251 e. The van der Waals surface area contributed by atoms with Crippen LogP contribution in [0.25, 0.3) is 0 Å². The minimum atomic E-state index is -0.602. The Balaban J connectivity index is 1.94. The molecule has 5 heteroatoms. The lowest BCUT2D eigenvalue weighted by atomic mass is 10.1. The average Bonchev–Trinajstić information content (AvgIpc) is 2.66. The van der Waals surface area contributed by atoms with E-state index in [1.807, 2.05) is 36.4 Å². The highest BCUT2D eigenvalue weighted by Crippen LogP contribution is 2.04. The van der Waals surface area contributed by atoms with Crippen molar-refractivity contribution in [3.63, 3.8) is 0 Å². The van der Waals surface area contributed by atoms with Crippen LogP contribution in [-0.4, -0.2) is 42.4 Å². The molecule has 3 N–H and O–H groups in total. The minimum Gasteiger partial charge on any atom is -0.341 e. The highest BCUT2D eigenvalue weighted by Gasteiger charge is 2.22. The van der Waals surface area contributed by atoms with Crippen LogP contribution in [0, 0.1) is 0 Å². The van der Waals surface area contributed by atoms with E-state index >= 15 is 0 Å². The predicted octanol–water partition coefficient (Wildman–Crippen LogP) is 1.83. The lowest BCUT2D eigenvalue weighted by Crippen LogP contribution is -2.48. The van der Waals surface area contributed by atoms with Crippen LogP contribution in [0.2, 0.25) is 0 Å². The van der Waals surface area contributed by atoms with Gasteiger partial charge in [0.05, 0.1) is 0 Å². The van der Waals surface area contributed by atoms with Crippen molar-refractivity contribution in [1.29, 1.82) is 0 Å². The number of carbonyl (C=O) groups excluding carboxylic acids is 2. The Hall–Kier alpha value is -2.66. The zero-order chi connectivity index (χ0) is 18.1. The van der Waals surface area contributed by atoms with Crippen LogP contribution in [0.4, 0.5) is 0 Å². The topological polar surface area (TPSA) is 75.4 Å². The average molecular weight is 339 g/mol. The first-order chi connectivity index (χ1) is 12.1. The first kappa shape index (κ1) is 18.7. The van der Waals surface area contributed by atoms with Gasteiger partial charge in [0.2, 0.25) is 5.91 Å². The Morgan fingerprint density at radius 2 is 1.60 bits per heavy atom. The molecule has 0 aliphatic heterocycles. The molecule has 5 nitrogen and oxygen atoms in total. The molecule has 1 atom stereocenters. The maximum Gasteiger partial charge on any atom is 0.251 e. The highest BCUT2D eigenvalue weighted by molar-refractivity contribution is 5.97. The number of nitrogens with zero attached hydrogens (tertiary/aromatic N) is 1. The fraction of sp³-hybridized carbons (Fsp3) is 0.300. The zero-order valence-electron chi connectivity index (χ0n) is 14.5. The number of rotatable bonds is 8. The Morgan fingerprint density at radius 1 is 1.00 bits per heavy atom. The number of benzene rings is 2. The van der Waals surface area contributed by atoms with E-state index in [1.165, 1.54) is 5.56 Å². The monoisotopic (exact) mass is 339 g/mol. The van der Waals surface area contributed by atoms with Crippen molar-refractivity contribution in [3.8, 4) is 0 Å². The fourth-order valence-electron chi connectivity index (χ4n) is 2.60. The summed E-state index contributed by atoms with van der Waals surface area (Å²) in [4.78, 5) is 26.6. The van der Waals surface area contributed by atoms with E-state index in [1.54, 1.807) is 36.1 Å². The summed E-state index contributed by atoms with van der Waals surface area (Å²) in [5.74, 6) is -0.372. The third kappa shape index (κ3) is 5.72. The van der Waals surface area contributed by atoms with E-state index in [9.17, 15) is 9.59 Å². The highest BCUT2D eigenvalue weighted by atomic mass is 16.2. The molecule has 2 aromatic carbocycles. The number of nitrogens with two attached hydrogens (primary N) is 1. The zero-order valence-corrected chi connectivity index (χ0v) is 14.5. The maximum atomic E-state index is 12.7. The van der Waals surface area contributed by atoms with Crippen LogP contribution >= 0.6 is 0 Å². The number of hydrogen-bond donors (Lipinski definition) is 2. The number of carbonyl (C=O) groups is 2. The van der Waals surface area contributed by atoms with Gasteiger partial charge in [0, 0.05) is 25.2 Å². The first-order valence-electron chi connectivity index (χ1n) is 8.50. The number of amides is 2. The summed E-state index contributed by atoms with van der Waals surface area (Å²) in [5, 5.41) is 2.76. The summed E-state index contributed by atoms with van der Waals surface area (Å²) in [7, 11) is 0. The second kappa shape index (κ2) is 9.59. The van der Waals surface area contributed by atoms with Crippen LogP contribution < -0.4 is 11.1 Å². The van der Waals surface area contributed by atoms with E-state index in [4.69, 9.17) is 5.73 Å². The van der Waals surface area contributed by atoms with Gasteiger partial charge in [-0.25, -0.2) is 0 Å². The quantitative estimate of drug-likeness (QED) is 0.770. The summed E-state index contributed by atoms with van der Waals surface area (Å²) in [6.07, 6.45) is 0.756. The lowest BCUT2D eigenvalue weighted by molar-refractivity contribution is -0.132. The third-order valence-corrected chi connectivity index (χ3v) is 3.98. The molecule has 0 bridgehead atoms. The molecule has 132 valence electrons. The molecule has 0 fully saturated rings. The van der Waals surface area contributed by atoms with Gasteiger partial charge in [-0.05, 0) is 31.0 Å². The second-order valence-corrected chi connectivity index (χ2v) is 5.91. The van der Waals surface area contributed by atoms with Crippen molar-refractivity contribution in [2.75, 3.05) is 19.6 Å². The molecule has 0 heterocycles. The van der Waals surface area contributed by atoms with Crippen LogP contribution in [0.1, 0.15) is 22.8 Å². The normalized spacial score (nSPS) is 11.6. The van der Waals surface area contributed by atoms with Gasteiger partial charge >= 0.3 is 0 Å². The summed E-state index contributed by atoms with van der Waals surface area (Å²) >= 11 is 0. The van der Waals surface area contributed by atoms with Crippen molar-refractivity contribution < 1.29 is 9.59 Å². The number of hydrogen-bond acceptors (Lipinski definition) is 3. The van der Waals surface area contributed by atoms with Gasteiger partial charge in [0.25, 0.3) is 5.91 Å². The summed E-state index contributed by atoms with van der Waals surface area (Å²) in [6.45, 7) is 3.14. The molecule has 2 rings (SSSR count). The lowest BCUT2D eigenvalue weighted by Gasteiger charge is -2.26. The largest absolute Gasteiger partial charge is 0.341 e. The molecule has 2 amide bonds. The molecule has 0 saturated carbocycles. The Bertz CT molecular complexity index is 674. The maximum absolute atomic E-state index is 12.7. The van der Waals surface area contributed by atoms with Gasteiger partial charge in [-0.15, -0.1) is 0 Å². The second-order valence-electron chi connectivity index (χ2n) is 5.91. The van der Waals surface area contributed by atoms with E-state index in [2.05, 4.69) is 5.32 Å². The molecule has 0 aliphatic rings. The summed E-state index contributed by atoms with van der Waals surface area (Å²) in [5.41, 5.74) is 7.35. The van der Waals surface area contributed by atoms with Gasteiger partial charge in [0.1, 0.15) is 6.04 Å². The molecular weight excluding hydrogens is 314 g/mol. The summed E-state index contributed by atoms with van der Waals surface area (Å²) in [6, 6.07) is 18.3. The SMILES string of the molecule is CC(NC(=O)c1ccccc1)C(=O)N(CCN)CCc1ccccc1. The van der Waals surface area contributed by atoms with Crippen molar-refractivity contribution >= 4 is 11.8 Å². The number of nitrogens with one attached hydrogen (secondary N) is 1. The molecule has 2 aromatic rings. The molecule has 1 unspecified atom stereocenters. The Kier molecular flexibility index (Phi) is 7.16. The predicted molar refractivity (Wildman–Crippen MR) is 99.2 cm³/mol. The summed E-state index contributed by atoms with van der Waals surface area (Å²) < 4.78 is 0. The van der Waals surface area contributed by atoms with E-state index < -0.39 is 6.04 Å². The van der Waals surface area contributed by atoms with Crippen molar-refractivity contribution in [1.82, 2.24) is 10.2 Å². The van der Waals surface area contributed by atoms with E-state index in [0.29, 0.717) is 25.2 Å². The van der Waals surface area contributed by atoms with Gasteiger partial charge in [0.15, 0.2) is 0 Å².